The molecule has 0 spiro atoms. The van der Waals surface area contributed by atoms with Gasteiger partial charge in [0.15, 0.2) is 11.9 Å². The maximum absolute atomic E-state index is 11.8. The summed E-state index contributed by atoms with van der Waals surface area (Å²) < 4.78 is 4.81. The van der Waals surface area contributed by atoms with Gasteiger partial charge in [0, 0.05) is 17.5 Å². The molecule has 1 aromatic carbocycles. The van der Waals surface area contributed by atoms with E-state index in [-0.39, 0.29) is 35.5 Å². The Hall–Kier alpha value is -2.21. The normalized spacial score (nSPS) is 11.8. The molecule has 0 radical (unpaired) electrons. The molecular weight excluding hydrogens is 264 g/mol. The number of Topliss-reactive ketones (excluding diaryl/α,β-unsaturated/α-hetero) is 1. The van der Waals surface area contributed by atoms with Crippen LogP contribution in [0.5, 0.6) is 0 Å². The van der Waals surface area contributed by atoms with Gasteiger partial charge in [-0.1, -0.05) is 19.1 Å². The Morgan fingerprint density at radius 1 is 1.25 bits per heavy atom. The van der Waals surface area contributed by atoms with Crippen LogP contribution >= 0.6 is 0 Å². The fourth-order valence-corrected chi connectivity index (χ4v) is 1.69. The molecule has 20 heavy (non-hydrogen) atoms. The second-order valence-electron chi connectivity index (χ2n) is 4.04. The lowest BCUT2D eigenvalue weighted by molar-refractivity contribution is -0.146. The van der Waals surface area contributed by atoms with E-state index in [4.69, 9.17) is 9.84 Å². The fraction of sp³-hybridized carbons (Fsp3) is 0.357. The van der Waals surface area contributed by atoms with E-state index in [0.29, 0.717) is 0 Å². The van der Waals surface area contributed by atoms with E-state index in [2.05, 4.69) is 0 Å². The van der Waals surface area contributed by atoms with E-state index in [1.54, 1.807) is 13.8 Å². The van der Waals surface area contributed by atoms with Crippen molar-refractivity contribution in [3.8, 4) is 0 Å². The first-order chi connectivity index (χ1) is 9.42. The molecule has 0 amide bonds. The molecule has 2 N–H and O–H groups in total. The van der Waals surface area contributed by atoms with Crippen molar-refractivity contribution >= 4 is 17.7 Å². The molecule has 0 aromatic heterocycles. The Labute approximate surface area is 116 Å². The van der Waals surface area contributed by atoms with E-state index < -0.39 is 18.0 Å². The quantitative estimate of drug-likeness (QED) is 0.606. The summed E-state index contributed by atoms with van der Waals surface area (Å²) in [5, 5.41) is 18.4. The molecule has 6 nitrogen and oxygen atoms in total. The van der Waals surface area contributed by atoms with Crippen LogP contribution in [0.4, 0.5) is 0 Å². The third-order valence-electron chi connectivity index (χ3n) is 2.72. The molecule has 6 heteroatoms. The number of carboxylic acids is 1. The van der Waals surface area contributed by atoms with Gasteiger partial charge in [-0.2, -0.15) is 0 Å². The molecule has 108 valence electrons. The van der Waals surface area contributed by atoms with Crippen molar-refractivity contribution in [2.24, 2.45) is 0 Å². The number of ether oxygens (including phenoxy) is 1. The highest BCUT2D eigenvalue weighted by atomic mass is 16.5. The van der Waals surface area contributed by atoms with Crippen LogP contribution in [0.25, 0.3) is 0 Å². The topological polar surface area (TPSA) is 101 Å². The van der Waals surface area contributed by atoms with E-state index in [9.17, 15) is 19.5 Å². The van der Waals surface area contributed by atoms with Crippen molar-refractivity contribution in [1.29, 1.82) is 0 Å². The maximum Gasteiger partial charge on any atom is 0.338 e. The predicted molar refractivity (Wildman–Crippen MR) is 69.6 cm³/mol. The number of aliphatic hydroxyl groups excluding tert-OH is 1. The zero-order valence-corrected chi connectivity index (χ0v) is 11.3. The Morgan fingerprint density at radius 3 is 2.40 bits per heavy atom. The lowest BCUT2D eigenvalue weighted by Crippen LogP contribution is -2.17. The van der Waals surface area contributed by atoms with Crippen molar-refractivity contribution in [2.45, 2.75) is 26.4 Å². The molecule has 1 atom stereocenters. The van der Waals surface area contributed by atoms with Gasteiger partial charge in [0.05, 0.1) is 12.2 Å². The van der Waals surface area contributed by atoms with Crippen molar-refractivity contribution in [3.63, 3.8) is 0 Å². The fourth-order valence-electron chi connectivity index (χ4n) is 1.69. The molecule has 1 aromatic rings. The zero-order chi connectivity index (χ0) is 15.3. The lowest BCUT2D eigenvalue weighted by Gasteiger charge is -2.12. The van der Waals surface area contributed by atoms with Crippen LogP contribution in [0.2, 0.25) is 0 Å². The average Bonchev–Trinajstić information content (AvgIpc) is 2.45. The summed E-state index contributed by atoms with van der Waals surface area (Å²) in [5.41, 5.74) is 0.0709. The van der Waals surface area contributed by atoms with Gasteiger partial charge in [-0.25, -0.2) is 9.59 Å². The minimum Gasteiger partial charge on any atom is -0.479 e. The summed E-state index contributed by atoms with van der Waals surface area (Å²) in [5.74, 6) is -2.44. The number of hydrogen-bond donors (Lipinski definition) is 2. The summed E-state index contributed by atoms with van der Waals surface area (Å²) in [6.07, 6.45) is -1.59. The Bertz CT molecular complexity index is 534. The van der Waals surface area contributed by atoms with Crippen molar-refractivity contribution < 1.29 is 29.3 Å². The highest BCUT2D eigenvalue weighted by Crippen LogP contribution is 2.22. The smallest absolute Gasteiger partial charge is 0.338 e. The van der Waals surface area contributed by atoms with Crippen LogP contribution < -0.4 is 0 Å². The van der Waals surface area contributed by atoms with E-state index >= 15 is 0 Å². The van der Waals surface area contributed by atoms with Crippen LogP contribution in [0.3, 0.4) is 0 Å². The van der Waals surface area contributed by atoms with Crippen LogP contribution in [-0.2, 0) is 9.53 Å². The number of aliphatic hydroxyl groups is 1. The van der Waals surface area contributed by atoms with Crippen LogP contribution in [0, 0.1) is 0 Å². The Kier molecular flexibility index (Phi) is 5.40. The Morgan fingerprint density at radius 2 is 1.90 bits per heavy atom. The molecule has 0 aliphatic carbocycles. The summed E-state index contributed by atoms with van der Waals surface area (Å²) in [6, 6.07) is 3.90. The second kappa shape index (κ2) is 6.81. The molecule has 0 saturated heterocycles. The standard InChI is InChI=1S/C14H16O6/c1-3-11(15)8-5-6-9(12(16)13(17)18)10(7-8)14(19)20-4-2/h5-7,12,16H,3-4H2,1-2H3,(H,17,18). The van der Waals surface area contributed by atoms with Crippen LogP contribution in [-0.4, -0.2) is 34.5 Å². The van der Waals surface area contributed by atoms with Crippen molar-refractivity contribution in [3.05, 3.63) is 34.9 Å². The van der Waals surface area contributed by atoms with Gasteiger partial charge in [-0.3, -0.25) is 4.79 Å². The lowest BCUT2D eigenvalue weighted by atomic mass is 9.97. The zero-order valence-electron chi connectivity index (χ0n) is 11.3. The molecule has 1 rings (SSSR count). The van der Waals surface area contributed by atoms with Crippen LogP contribution in [0.15, 0.2) is 18.2 Å². The molecule has 0 aliphatic rings. The van der Waals surface area contributed by atoms with Crippen LogP contribution in [0.1, 0.15) is 52.7 Å². The average molecular weight is 280 g/mol. The molecule has 0 fully saturated rings. The SMILES string of the molecule is CCOC(=O)c1cc(C(=O)CC)ccc1C(O)C(=O)O. The largest absolute Gasteiger partial charge is 0.479 e. The van der Waals surface area contributed by atoms with Gasteiger partial charge in [-0.05, 0) is 13.0 Å². The van der Waals surface area contributed by atoms with Gasteiger partial charge >= 0.3 is 11.9 Å². The number of carboxylic acid groups (broad SMARTS) is 1. The second-order valence-corrected chi connectivity index (χ2v) is 4.04. The highest BCUT2D eigenvalue weighted by Gasteiger charge is 2.24. The number of aliphatic carboxylic acids is 1. The number of hydrogen-bond acceptors (Lipinski definition) is 5. The van der Waals surface area contributed by atoms with Gasteiger partial charge < -0.3 is 14.9 Å². The molecule has 0 aliphatic heterocycles. The number of carbonyl (C=O) groups excluding carboxylic acids is 2. The van der Waals surface area contributed by atoms with E-state index in [0.717, 1.165) is 0 Å². The molecule has 0 heterocycles. The third-order valence-corrected chi connectivity index (χ3v) is 2.72. The third kappa shape index (κ3) is 3.42. The molecule has 0 bridgehead atoms. The summed E-state index contributed by atoms with van der Waals surface area (Å²) in [7, 11) is 0. The predicted octanol–water partition coefficient (Wildman–Crippen LogP) is 1.57. The molecule has 1 unspecified atom stereocenters. The van der Waals surface area contributed by atoms with Gasteiger partial charge in [-0.15, -0.1) is 0 Å². The summed E-state index contributed by atoms with van der Waals surface area (Å²) in [4.78, 5) is 34.3. The first-order valence-corrected chi connectivity index (χ1v) is 6.17. The van der Waals surface area contributed by atoms with Gasteiger partial charge in [0.25, 0.3) is 0 Å². The first kappa shape index (κ1) is 15.8. The Balaban J connectivity index is 3.33. The first-order valence-electron chi connectivity index (χ1n) is 6.17. The molecular formula is C14H16O6. The molecule has 0 saturated carbocycles. The van der Waals surface area contributed by atoms with Gasteiger partial charge in [0.1, 0.15) is 0 Å². The summed E-state index contributed by atoms with van der Waals surface area (Å²) in [6.45, 7) is 3.38. The van der Waals surface area contributed by atoms with E-state index in [1.807, 2.05) is 0 Å². The number of esters is 1. The van der Waals surface area contributed by atoms with Gasteiger partial charge in [0.2, 0.25) is 0 Å². The number of benzene rings is 1. The number of rotatable bonds is 6. The van der Waals surface area contributed by atoms with Crippen molar-refractivity contribution in [2.75, 3.05) is 6.61 Å². The number of carbonyl (C=O) groups is 3. The highest BCUT2D eigenvalue weighted by molar-refractivity contribution is 6.00. The van der Waals surface area contributed by atoms with Crippen molar-refractivity contribution in [1.82, 2.24) is 0 Å². The monoisotopic (exact) mass is 280 g/mol. The minimum atomic E-state index is -1.85. The summed E-state index contributed by atoms with van der Waals surface area (Å²) >= 11 is 0. The maximum atomic E-state index is 11.8. The van der Waals surface area contributed by atoms with E-state index in [1.165, 1.54) is 18.2 Å². The minimum absolute atomic E-state index is 0.0939. The number of ketones is 1.